The maximum atomic E-state index is 12.5. The molecule has 3 rings (SSSR count). The van der Waals surface area contributed by atoms with Gasteiger partial charge < -0.3 is 5.32 Å². The third kappa shape index (κ3) is 2.87. The molecular weight excluding hydrogens is 296 g/mol. The lowest BCUT2D eigenvalue weighted by Gasteiger charge is -2.20. The summed E-state index contributed by atoms with van der Waals surface area (Å²) in [4.78, 5) is 37.9. The van der Waals surface area contributed by atoms with Crippen LogP contribution in [0.15, 0.2) is 6.07 Å². The van der Waals surface area contributed by atoms with Crippen LogP contribution in [0.5, 0.6) is 0 Å². The van der Waals surface area contributed by atoms with Crippen LogP contribution in [0.2, 0.25) is 0 Å². The van der Waals surface area contributed by atoms with E-state index in [0.717, 1.165) is 31.4 Å². The minimum atomic E-state index is -0.467. The van der Waals surface area contributed by atoms with E-state index in [-0.39, 0.29) is 30.7 Å². The highest BCUT2D eigenvalue weighted by atomic mass is 16.2. The molecule has 2 aliphatic rings. The third-order valence-electron chi connectivity index (χ3n) is 4.99. The van der Waals surface area contributed by atoms with Crippen LogP contribution >= 0.6 is 0 Å². The third-order valence-corrected chi connectivity index (χ3v) is 4.99. The fourth-order valence-corrected chi connectivity index (χ4v) is 3.57. The van der Waals surface area contributed by atoms with E-state index in [9.17, 15) is 14.4 Å². The first kappa shape index (κ1) is 15.7. The van der Waals surface area contributed by atoms with Gasteiger partial charge in [-0.05, 0) is 19.8 Å². The molecule has 1 aliphatic heterocycles. The van der Waals surface area contributed by atoms with E-state index in [0.29, 0.717) is 12.2 Å². The summed E-state index contributed by atoms with van der Waals surface area (Å²) in [5.41, 5.74) is 0.472. The van der Waals surface area contributed by atoms with Gasteiger partial charge in [-0.3, -0.25) is 24.0 Å². The minimum Gasteiger partial charge on any atom is -0.309 e. The largest absolute Gasteiger partial charge is 0.309 e. The highest BCUT2D eigenvalue weighted by Crippen LogP contribution is 2.46. The molecule has 7 heteroatoms. The number of hydrogen-bond donors (Lipinski definition) is 1. The summed E-state index contributed by atoms with van der Waals surface area (Å²) in [5, 5.41) is 6.85. The zero-order valence-electron chi connectivity index (χ0n) is 13.6. The predicted molar refractivity (Wildman–Crippen MR) is 83.4 cm³/mol. The molecule has 1 spiro atoms. The van der Waals surface area contributed by atoms with Gasteiger partial charge in [-0.15, -0.1) is 0 Å². The number of hydrogen-bond acceptors (Lipinski definition) is 4. The van der Waals surface area contributed by atoms with Crippen molar-refractivity contribution in [2.75, 3.05) is 11.9 Å². The number of amides is 3. The van der Waals surface area contributed by atoms with E-state index < -0.39 is 5.41 Å². The maximum Gasteiger partial charge on any atom is 0.235 e. The molecule has 23 heavy (non-hydrogen) atoms. The van der Waals surface area contributed by atoms with Gasteiger partial charge >= 0.3 is 0 Å². The van der Waals surface area contributed by atoms with Gasteiger partial charge in [0.1, 0.15) is 0 Å². The number of carbonyl (C=O) groups excluding carboxylic acids is 3. The normalized spacial score (nSPS) is 19.8. The molecule has 7 nitrogen and oxygen atoms in total. The van der Waals surface area contributed by atoms with Gasteiger partial charge in [0, 0.05) is 38.2 Å². The Morgan fingerprint density at radius 2 is 2.04 bits per heavy atom. The van der Waals surface area contributed by atoms with Crippen LogP contribution in [0.1, 0.15) is 44.2 Å². The van der Waals surface area contributed by atoms with Crippen LogP contribution in [0.3, 0.4) is 0 Å². The van der Waals surface area contributed by atoms with Crippen LogP contribution in [-0.4, -0.2) is 38.9 Å². The zero-order chi connectivity index (χ0) is 16.6. The number of likely N-dealkylation sites (tertiary alicyclic amines) is 1. The van der Waals surface area contributed by atoms with Crippen molar-refractivity contribution in [3.8, 4) is 0 Å². The molecule has 0 bridgehead atoms. The van der Waals surface area contributed by atoms with Gasteiger partial charge in [-0.2, -0.15) is 5.10 Å². The van der Waals surface area contributed by atoms with Crippen molar-refractivity contribution in [3.63, 3.8) is 0 Å². The van der Waals surface area contributed by atoms with E-state index in [4.69, 9.17) is 0 Å². The van der Waals surface area contributed by atoms with Crippen LogP contribution in [0.25, 0.3) is 0 Å². The first-order valence-corrected chi connectivity index (χ1v) is 8.07. The number of aromatic nitrogens is 2. The highest BCUT2D eigenvalue weighted by Gasteiger charge is 2.52. The Hall–Kier alpha value is -2.18. The molecule has 2 heterocycles. The molecular formula is C16H22N4O3. The Morgan fingerprint density at radius 3 is 2.65 bits per heavy atom. The number of nitrogens with zero attached hydrogens (tertiary/aromatic N) is 3. The topological polar surface area (TPSA) is 84.3 Å². The van der Waals surface area contributed by atoms with Crippen molar-refractivity contribution in [2.24, 2.45) is 12.5 Å². The summed E-state index contributed by atoms with van der Waals surface area (Å²) in [6.07, 6.45) is 4.02. The predicted octanol–water partition coefficient (Wildman–Crippen LogP) is 1.38. The second kappa shape index (κ2) is 5.79. The Labute approximate surface area is 135 Å². The summed E-state index contributed by atoms with van der Waals surface area (Å²) >= 11 is 0. The lowest BCUT2D eigenvalue weighted by Crippen LogP contribution is -2.36. The van der Waals surface area contributed by atoms with Gasteiger partial charge in [-0.25, -0.2) is 0 Å². The van der Waals surface area contributed by atoms with Crippen molar-refractivity contribution >= 4 is 23.5 Å². The number of aryl methyl sites for hydroxylation is 2. The number of anilines is 1. The fraction of sp³-hybridized carbons (Fsp3) is 0.625. The summed E-state index contributed by atoms with van der Waals surface area (Å²) in [5.74, 6) is 0.0253. The summed E-state index contributed by atoms with van der Waals surface area (Å²) in [6, 6.07) is 1.78. The van der Waals surface area contributed by atoms with Crippen molar-refractivity contribution in [2.45, 2.75) is 45.4 Å². The summed E-state index contributed by atoms with van der Waals surface area (Å²) < 4.78 is 1.67. The fourth-order valence-electron chi connectivity index (χ4n) is 3.57. The van der Waals surface area contributed by atoms with E-state index in [1.165, 1.54) is 4.90 Å². The van der Waals surface area contributed by atoms with E-state index >= 15 is 0 Å². The van der Waals surface area contributed by atoms with Crippen LogP contribution in [0, 0.1) is 12.3 Å². The maximum absolute atomic E-state index is 12.5. The first-order chi connectivity index (χ1) is 10.9. The molecule has 1 N–H and O–H groups in total. The molecule has 1 saturated heterocycles. The molecule has 2 fully saturated rings. The Morgan fingerprint density at radius 1 is 1.35 bits per heavy atom. The van der Waals surface area contributed by atoms with Crippen molar-refractivity contribution in [3.05, 3.63) is 11.8 Å². The smallest absolute Gasteiger partial charge is 0.235 e. The second-order valence-electron chi connectivity index (χ2n) is 6.61. The van der Waals surface area contributed by atoms with Gasteiger partial charge in [0.15, 0.2) is 5.82 Å². The molecule has 1 aromatic rings. The van der Waals surface area contributed by atoms with E-state index in [1.807, 2.05) is 6.92 Å². The minimum absolute atomic E-state index is 0.0820. The van der Waals surface area contributed by atoms with E-state index in [2.05, 4.69) is 10.4 Å². The Kier molecular flexibility index (Phi) is 3.95. The molecule has 1 saturated carbocycles. The molecule has 1 aromatic heterocycles. The van der Waals surface area contributed by atoms with Crippen LogP contribution in [0.4, 0.5) is 5.82 Å². The molecule has 0 aromatic carbocycles. The van der Waals surface area contributed by atoms with Crippen LogP contribution < -0.4 is 5.32 Å². The Bertz CT molecular complexity index is 639. The average molecular weight is 318 g/mol. The van der Waals surface area contributed by atoms with E-state index in [1.54, 1.807) is 17.8 Å². The number of carbonyl (C=O) groups is 3. The molecule has 0 unspecified atom stereocenters. The molecule has 1 aliphatic carbocycles. The molecule has 3 amide bonds. The quantitative estimate of drug-likeness (QED) is 0.850. The van der Waals surface area contributed by atoms with Crippen LogP contribution in [-0.2, 0) is 21.4 Å². The standard InChI is InChI=1S/C16H22N4O3/c1-11-9-12(18-19(11)2)17-13(21)5-8-20-14(22)10-16(15(20)23)6-3-4-7-16/h9H,3-8,10H2,1-2H3,(H,17,18,21). The lowest BCUT2D eigenvalue weighted by molar-refractivity contribution is -0.141. The monoisotopic (exact) mass is 318 g/mol. The SMILES string of the molecule is Cc1cc(NC(=O)CCN2C(=O)CC3(CCCC3)C2=O)nn1C. The average Bonchev–Trinajstić information content (AvgIpc) is 3.13. The van der Waals surface area contributed by atoms with Crippen molar-refractivity contribution in [1.29, 1.82) is 0 Å². The highest BCUT2D eigenvalue weighted by molar-refractivity contribution is 6.06. The van der Waals surface area contributed by atoms with Gasteiger partial charge in [0.05, 0.1) is 5.41 Å². The summed E-state index contributed by atoms with van der Waals surface area (Å²) in [6.45, 7) is 2.04. The number of imide groups is 1. The first-order valence-electron chi connectivity index (χ1n) is 8.07. The van der Waals surface area contributed by atoms with Gasteiger partial charge in [-0.1, -0.05) is 12.8 Å². The summed E-state index contributed by atoms with van der Waals surface area (Å²) in [7, 11) is 1.80. The van der Waals surface area contributed by atoms with Gasteiger partial charge in [0.2, 0.25) is 17.7 Å². The van der Waals surface area contributed by atoms with Crippen molar-refractivity contribution in [1.82, 2.24) is 14.7 Å². The Balaban J connectivity index is 1.56. The molecule has 0 radical (unpaired) electrons. The zero-order valence-corrected chi connectivity index (χ0v) is 13.6. The lowest BCUT2D eigenvalue weighted by atomic mass is 9.84. The number of rotatable bonds is 4. The molecule has 0 atom stereocenters. The number of nitrogens with one attached hydrogen (secondary N) is 1. The molecule has 124 valence electrons. The van der Waals surface area contributed by atoms with Crippen molar-refractivity contribution < 1.29 is 14.4 Å². The van der Waals surface area contributed by atoms with Gasteiger partial charge in [0.25, 0.3) is 0 Å². The second-order valence-corrected chi connectivity index (χ2v) is 6.61.